The number of hydrogen-bond donors (Lipinski definition) is 4. The minimum atomic E-state index is -1.32. The molecule has 0 spiro atoms. The van der Waals surface area contributed by atoms with Crippen LogP contribution in [0.1, 0.15) is 143 Å². The Morgan fingerprint density at radius 1 is 0.524 bits per heavy atom. The van der Waals surface area contributed by atoms with Crippen LogP contribution in [0.5, 0.6) is 0 Å². The maximum absolute atomic E-state index is 10.3. The van der Waals surface area contributed by atoms with Crippen molar-refractivity contribution in [2.24, 2.45) is 5.92 Å². The maximum atomic E-state index is 10.3. The van der Waals surface area contributed by atoms with E-state index in [-0.39, 0.29) is 35.9 Å². The van der Waals surface area contributed by atoms with Gasteiger partial charge in [0.15, 0.2) is 0 Å². The van der Waals surface area contributed by atoms with E-state index in [9.17, 15) is 24.3 Å². The molecule has 0 heterocycles. The van der Waals surface area contributed by atoms with Gasteiger partial charge in [0.05, 0.1) is 6.54 Å². The molecule has 63 heavy (non-hydrogen) atoms. The summed E-state index contributed by atoms with van der Waals surface area (Å²) in [6.45, 7) is 9.91. The molecule has 0 radical (unpaired) electrons. The van der Waals surface area contributed by atoms with Crippen LogP contribution in [0.25, 0.3) is 5.73 Å². The second-order valence-electron chi connectivity index (χ2n) is 13.8. The molecule has 11 heteroatoms. The van der Waals surface area contributed by atoms with E-state index < -0.39 is 35.8 Å². The van der Waals surface area contributed by atoms with Crippen molar-refractivity contribution in [2.45, 2.75) is 149 Å². The first-order chi connectivity index (χ1) is 29.9. The summed E-state index contributed by atoms with van der Waals surface area (Å²) in [4.78, 5) is 40.2. The van der Waals surface area contributed by atoms with Gasteiger partial charge in [-0.05, 0) is 103 Å². The Morgan fingerprint density at radius 2 is 0.810 bits per heavy atom. The zero-order chi connectivity index (χ0) is 47.2. The van der Waals surface area contributed by atoms with Crippen LogP contribution in [-0.2, 0) is 19.2 Å². The number of carbonyl (C=O) groups is 4. The number of quaternary nitrogens is 1. The molecule has 10 nitrogen and oxygen atoms in total. The molecule has 0 aromatic heterocycles. The first-order valence-electron chi connectivity index (χ1n) is 22.2. The van der Waals surface area contributed by atoms with Crippen molar-refractivity contribution >= 4 is 46.9 Å². The van der Waals surface area contributed by atoms with E-state index in [2.05, 4.69) is 148 Å². The van der Waals surface area contributed by atoms with Crippen LogP contribution in [0.3, 0.4) is 0 Å². The molecule has 0 fully saturated rings. The fourth-order valence-electron chi connectivity index (χ4n) is 4.28. The molecule has 0 aromatic rings. The van der Waals surface area contributed by atoms with Gasteiger partial charge in [0.25, 0.3) is 5.97 Å². The summed E-state index contributed by atoms with van der Waals surface area (Å²) < 4.78 is 0. The van der Waals surface area contributed by atoms with Crippen molar-refractivity contribution in [3.63, 3.8) is 0 Å². The Morgan fingerprint density at radius 3 is 1.06 bits per heavy atom. The molecular formula is C52H82MgN2O8. The van der Waals surface area contributed by atoms with Crippen molar-refractivity contribution in [3.05, 3.63) is 146 Å². The number of carbonyl (C=O) groups excluding carboxylic acids is 1. The van der Waals surface area contributed by atoms with Crippen LogP contribution in [0, 0.1) is 12.8 Å². The molecule has 0 bridgehead atoms. The number of allylic oxidation sites excluding steroid dienone is 22. The normalized spacial score (nSPS) is 12.8. The number of carboxylic acids is 4. The number of hydrogen-bond acceptors (Lipinski definition) is 5. The molecule has 0 unspecified atom stereocenters. The Hall–Kier alpha value is -4.29. The van der Waals surface area contributed by atoms with Crippen LogP contribution in [0.4, 0.5) is 0 Å². The maximum Gasteiger partial charge on any atom is 2.00 e. The van der Waals surface area contributed by atoms with Crippen LogP contribution in [0.2, 0.25) is 0 Å². The van der Waals surface area contributed by atoms with E-state index in [4.69, 9.17) is 21.1 Å². The average molecular weight is 888 g/mol. The number of aliphatic carboxylic acids is 4. The van der Waals surface area contributed by atoms with Gasteiger partial charge in [-0.3, -0.25) is 14.4 Å². The van der Waals surface area contributed by atoms with Crippen molar-refractivity contribution in [2.75, 3.05) is 6.54 Å². The van der Waals surface area contributed by atoms with Gasteiger partial charge < -0.3 is 43.6 Å². The summed E-state index contributed by atoms with van der Waals surface area (Å²) in [7, 11) is 0. The molecule has 0 rings (SSSR count). The fraction of sp³-hybridized carbons (Fsp3) is 0.481. The zero-order valence-corrected chi connectivity index (χ0v) is 40.4. The summed E-state index contributed by atoms with van der Waals surface area (Å²) in [6.07, 6.45) is 63.5. The third kappa shape index (κ3) is 75.5. The smallest absolute Gasteiger partial charge is 0.670 e. The zero-order valence-electron chi connectivity index (χ0n) is 39.0. The fourth-order valence-corrected chi connectivity index (χ4v) is 4.28. The third-order valence-electron chi connectivity index (χ3n) is 7.80. The van der Waals surface area contributed by atoms with Gasteiger partial charge in [-0.15, -0.1) is 6.04 Å². The van der Waals surface area contributed by atoms with Crippen LogP contribution < -0.4 is 10.8 Å². The van der Waals surface area contributed by atoms with Crippen molar-refractivity contribution in [3.8, 4) is 0 Å². The molecule has 0 amide bonds. The first-order valence-corrected chi connectivity index (χ1v) is 22.2. The number of nitrogens with one attached hydrogen (secondary N) is 1. The standard InChI is InChI=1S/C22H32O2.C20H30O2.C7H14NO2.C3H6NO2.Mg/c1-2-3-4-5-6-7-8-9-10-11-12-13-14-15-16-17-18-19-20-21-22(23)24;1-2-3-4-5-6-7-8-9-10-11-12-13-14-15-16-17-18-19-20(21)22;1-6(7(9)10)4-2-3-5-8;1-2(4)3(5)6;/h3-4,6-7,9-10,12-13,15-16,18-19H,2,5,8,11,14,17,20-21H2,1H3,(H,23,24);3-4,6-7,9-10,12-13,15-16H,2,5,8,11,14,17-19H2,1H3,(H,21,22);6H,1-5,8H2,(H,9,10);2,4H,1H3,(H,5,6);/q;;2*-1;+2/b4-3+,7-6-,10-9-,13-12+,16-15-,19-18-;4-3-,7-6-,10-9-,13-12-,16-15-;;;/t;;6-;2-;/m..00./s1. The molecule has 0 aliphatic rings. The number of rotatable bonds is 33. The largest absolute Gasteiger partial charge is 2.00 e. The minimum absolute atomic E-state index is 0. The quantitative estimate of drug-likeness (QED) is 0.0215. The van der Waals surface area contributed by atoms with Crippen LogP contribution in [0.15, 0.2) is 134 Å². The van der Waals surface area contributed by atoms with Crippen LogP contribution >= 0.6 is 0 Å². The molecule has 0 aliphatic heterocycles. The SMILES string of the molecule is CC/C=C/C/C=C\C/C=C\C/C=C/C/C=C\C/C=C\CCC(=O)O.CC/C=C\C/C=C\C/C=C\C/C=C\C/C=C\CCCC(=O)O.C[C@H]([NH-])C(=O)[O-].[CH2-][C@@H](CCCC[NH3+])C(=O)O.[Mg+2]. The van der Waals surface area contributed by atoms with Gasteiger partial charge in [0.1, 0.15) is 0 Å². The Bertz CT molecular complexity index is 1400. The van der Waals surface area contributed by atoms with E-state index in [1.54, 1.807) is 0 Å². The predicted octanol–water partition coefficient (Wildman–Crippen LogP) is 11.3. The molecule has 2 atom stereocenters. The minimum Gasteiger partial charge on any atom is -0.670 e. The summed E-state index contributed by atoms with van der Waals surface area (Å²) in [6, 6.07) is -1.09. The molecule has 7 N–H and O–H groups in total. The summed E-state index contributed by atoms with van der Waals surface area (Å²) >= 11 is 0. The summed E-state index contributed by atoms with van der Waals surface area (Å²) in [5.41, 5.74) is 10.0. The summed E-state index contributed by atoms with van der Waals surface area (Å²) in [5, 5.41) is 34.8. The van der Waals surface area contributed by atoms with E-state index >= 15 is 0 Å². The molecular weight excluding hydrogens is 805 g/mol. The molecule has 0 saturated heterocycles. The molecule has 0 aliphatic carbocycles. The van der Waals surface area contributed by atoms with E-state index in [1.165, 1.54) is 6.92 Å². The van der Waals surface area contributed by atoms with E-state index in [0.717, 1.165) is 103 Å². The Labute approximate surface area is 398 Å². The predicted molar refractivity (Wildman–Crippen MR) is 264 cm³/mol. The number of carboxylic acid groups (broad SMARTS) is 4. The van der Waals surface area contributed by atoms with Crippen molar-refractivity contribution < 1.29 is 45.3 Å². The third-order valence-corrected chi connectivity index (χ3v) is 7.80. The summed E-state index contributed by atoms with van der Waals surface area (Å²) in [5.74, 6) is -4.02. The average Bonchev–Trinajstić information content (AvgIpc) is 3.23. The van der Waals surface area contributed by atoms with Crippen LogP contribution in [-0.4, -0.2) is 74.8 Å². The molecule has 0 aromatic carbocycles. The van der Waals surface area contributed by atoms with Crippen molar-refractivity contribution in [1.82, 2.24) is 0 Å². The number of unbranched alkanes of at least 4 members (excludes halogenated alkanes) is 2. The van der Waals surface area contributed by atoms with E-state index in [1.807, 2.05) is 12.2 Å². The second-order valence-corrected chi connectivity index (χ2v) is 13.8. The van der Waals surface area contributed by atoms with E-state index in [0.29, 0.717) is 12.8 Å². The Balaban J connectivity index is -0.000000263. The van der Waals surface area contributed by atoms with Gasteiger partial charge >= 0.3 is 35.0 Å². The van der Waals surface area contributed by atoms with Gasteiger partial charge in [-0.2, -0.15) is 0 Å². The van der Waals surface area contributed by atoms with Gasteiger partial charge in [-0.1, -0.05) is 167 Å². The topological polar surface area (TPSA) is 203 Å². The first kappa shape index (κ1) is 67.8. The Kier molecular flexibility index (Phi) is 64.3. The van der Waals surface area contributed by atoms with Gasteiger partial charge in [0, 0.05) is 18.8 Å². The molecule has 350 valence electrons. The second kappa shape index (κ2) is 59.8. The van der Waals surface area contributed by atoms with Gasteiger partial charge in [-0.25, -0.2) is 0 Å². The molecule has 0 saturated carbocycles. The van der Waals surface area contributed by atoms with Gasteiger partial charge in [0.2, 0.25) is 0 Å². The van der Waals surface area contributed by atoms with Crippen molar-refractivity contribution in [1.29, 1.82) is 0 Å². The monoisotopic (exact) mass is 887 g/mol.